The first-order chi connectivity index (χ1) is 15.0. The van der Waals surface area contributed by atoms with E-state index in [9.17, 15) is 9.59 Å². The van der Waals surface area contributed by atoms with Crippen LogP contribution >= 0.6 is 23.4 Å². The fourth-order valence-electron chi connectivity index (χ4n) is 5.18. The Morgan fingerprint density at radius 3 is 2.55 bits per heavy atom. The first kappa shape index (κ1) is 20.6. The third-order valence-electron chi connectivity index (χ3n) is 6.70. The van der Waals surface area contributed by atoms with Gasteiger partial charge in [-0.05, 0) is 73.4 Å². The standard InChI is InChI=1S/C24H23ClN2O3S/c25-19-4-2-1-3-16(19)13-21-22(28)27(20-12-14-5-6-17(20)11-14)24(31-21)26-18-9-7-15(8-10-18)23(29)30/h1-4,7-10,14,17,20-21H,5-6,11-13H2,(H,29,30)/t14-,17-,20-,21-/m1/s1. The van der Waals surface area contributed by atoms with Crippen LogP contribution in [0.1, 0.15) is 41.6 Å². The lowest BCUT2D eigenvalue weighted by Gasteiger charge is -2.31. The predicted octanol–water partition coefficient (Wildman–Crippen LogP) is 5.40. The number of fused-ring (bicyclic) bond motifs is 2. The van der Waals surface area contributed by atoms with Crippen molar-refractivity contribution in [2.45, 2.75) is 43.4 Å². The summed E-state index contributed by atoms with van der Waals surface area (Å²) in [5, 5.41) is 10.3. The molecular formula is C24H23ClN2O3S. The number of hydrogen-bond acceptors (Lipinski definition) is 4. The highest BCUT2D eigenvalue weighted by Crippen LogP contribution is 2.49. The molecule has 2 aromatic carbocycles. The minimum absolute atomic E-state index is 0.114. The minimum atomic E-state index is -0.965. The van der Waals surface area contributed by atoms with Gasteiger partial charge in [-0.1, -0.05) is 48.0 Å². The molecule has 1 heterocycles. The summed E-state index contributed by atoms with van der Waals surface area (Å²) in [6.45, 7) is 0. The third-order valence-corrected chi connectivity index (χ3v) is 8.22. The van der Waals surface area contributed by atoms with Crippen molar-refractivity contribution in [3.8, 4) is 0 Å². The van der Waals surface area contributed by atoms with E-state index in [2.05, 4.69) is 0 Å². The number of hydrogen-bond donors (Lipinski definition) is 1. The summed E-state index contributed by atoms with van der Waals surface area (Å²) >= 11 is 7.86. The summed E-state index contributed by atoms with van der Waals surface area (Å²) in [6, 6.07) is 14.4. The molecule has 5 rings (SSSR count). The molecule has 31 heavy (non-hydrogen) atoms. The average molecular weight is 455 g/mol. The van der Waals surface area contributed by atoms with Crippen LogP contribution in [0.4, 0.5) is 5.69 Å². The largest absolute Gasteiger partial charge is 0.478 e. The van der Waals surface area contributed by atoms with Gasteiger partial charge in [0, 0.05) is 11.1 Å². The Morgan fingerprint density at radius 1 is 1.13 bits per heavy atom. The monoisotopic (exact) mass is 454 g/mol. The number of rotatable bonds is 5. The Balaban J connectivity index is 1.45. The summed E-state index contributed by atoms with van der Waals surface area (Å²) in [7, 11) is 0. The second-order valence-corrected chi connectivity index (χ2v) is 10.2. The molecule has 2 aromatic rings. The van der Waals surface area contributed by atoms with E-state index in [4.69, 9.17) is 21.7 Å². The number of carbonyl (C=O) groups excluding carboxylic acids is 1. The number of thioether (sulfide) groups is 1. The quantitative estimate of drug-likeness (QED) is 0.656. The van der Waals surface area contributed by atoms with Crippen LogP contribution in [0.3, 0.4) is 0 Å². The van der Waals surface area contributed by atoms with Crippen LogP contribution in [-0.2, 0) is 11.2 Å². The van der Waals surface area contributed by atoms with Crippen molar-refractivity contribution >= 4 is 46.1 Å². The molecule has 1 aliphatic heterocycles. The molecule has 0 radical (unpaired) electrons. The Hall–Kier alpha value is -2.31. The van der Waals surface area contributed by atoms with Gasteiger partial charge in [0.2, 0.25) is 5.91 Å². The average Bonchev–Trinajstić information content (AvgIpc) is 3.45. The zero-order valence-electron chi connectivity index (χ0n) is 16.9. The molecule has 0 unspecified atom stereocenters. The molecule has 2 aliphatic carbocycles. The van der Waals surface area contributed by atoms with Gasteiger partial charge in [0.15, 0.2) is 5.17 Å². The van der Waals surface area contributed by atoms with Gasteiger partial charge in [-0.2, -0.15) is 0 Å². The highest BCUT2D eigenvalue weighted by atomic mass is 35.5. The first-order valence-electron chi connectivity index (χ1n) is 10.6. The van der Waals surface area contributed by atoms with E-state index in [1.54, 1.807) is 24.3 Å². The number of carboxylic acid groups (broad SMARTS) is 1. The number of amides is 1. The van der Waals surface area contributed by atoms with Gasteiger partial charge in [-0.3, -0.25) is 9.69 Å². The highest BCUT2D eigenvalue weighted by molar-refractivity contribution is 8.15. The molecular weight excluding hydrogens is 432 g/mol. The summed E-state index contributed by atoms with van der Waals surface area (Å²) in [4.78, 5) is 31.4. The Kier molecular flexibility index (Phi) is 5.52. The molecule has 3 aliphatic rings. The van der Waals surface area contributed by atoms with Crippen LogP contribution in [0.5, 0.6) is 0 Å². The van der Waals surface area contributed by atoms with Crippen LogP contribution in [0.15, 0.2) is 53.5 Å². The lowest BCUT2D eigenvalue weighted by Crippen LogP contribution is -2.44. The summed E-state index contributed by atoms with van der Waals surface area (Å²) in [6.07, 6.45) is 5.27. The fraction of sp³-hybridized carbons (Fsp3) is 0.375. The zero-order chi connectivity index (χ0) is 21.5. The van der Waals surface area contributed by atoms with Crippen molar-refractivity contribution in [3.63, 3.8) is 0 Å². The van der Waals surface area contributed by atoms with Crippen LogP contribution < -0.4 is 0 Å². The molecule has 1 N–H and O–H groups in total. The van der Waals surface area contributed by atoms with Crippen molar-refractivity contribution in [1.29, 1.82) is 0 Å². The van der Waals surface area contributed by atoms with E-state index >= 15 is 0 Å². The van der Waals surface area contributed by atoms with Crippen LogP contribution in [-0.4, -0.2) is 38.3 Å². The molecule has 160 valence electrons. The van der Waals surface area contributed by atoms with Crippen molar-refractivity contribution in [1.82, 2.24) is 4.90 Å². The molecule has 4 atom stereocenters. The normalized spacial score (nSPS) is 28.6. The van der Waals surface area contributed by atoms with Gasteiger partial charge < -0.3 is 5.11 Å². The van der Waals surface area contributed by atoms with Crippen molar-refractivity contribution < 1.29 is 14.7 Å². The number of aliphatic imine (C=N–C) groups is 1. The van der Waals surface area contributed by atoms with Gasteiger partial charge >= 0.3 is 5.97 Å². The van der Waals surface area contributed by atoms with E-state index in [-0.39, 0.29) is 22.8 Å². The van der Waals surface area contributed by atoms with Gasteiger partial charge in [0.25, 0.3) is 0 Å². The second kappa shape index (κ2) is 8.32. The molecule has 5 nitrogen and oxygen atoms in total. The second-order valence-electron chi connectivity index (χ2n) is 8.60. The molecule has 3 fully saturated rings. The number of carboxylic acids is 1. The number of nitrogens with zero attached hydrogens (tertiary/aromatic N) is 2. The fourth-order valence-corrected chi connectivity index (χ4v) is 6.62. The smallest absolute Gasteiger partial charge is 0.335 e. The van der Waals surface area contributed by atoms with E-state index < -0.39 is 5.97 Å². The van der Waals surface area contributed by atoms with Crippen LogP contribution in [0.25, 0.3) is 0 Å². The third kappa shape index (κ3) is 3.99. The topological polar surface area (TPSA) is 70.0 Å². The number of aromatic carboxylic acids is 1. The summed E-state index contributed by atoms with van der Waals surface area (Å²) in [5.41, 5.74) is 1.85. The van der Waals surface area contributed by atoms with Crippen molar-refractivity contribution in [2.24, 2.45) is 16.8 Å². The van der Waals surface area contributed by atoms with E-state index in [0.717, 1.165) is 17.2 Å². The van der Waals surface area contributed by atoms with Gasteiger partial charge in [-0.25, -0.2) is 9.79 Å². The molecule has 2 bridgehead atoms. The Bertz CT molecular complexity index is 1060. The van der Waals surface area contributed by atoms with E-state index in [1.807, 2.05) is 29.2 Å². The van der Waals surface area contributed by atoms with Crippen LogP contribution in [0, 0.1) is 11.8 Å². The number of carbonyl (C=O) groups is 2. The SMILES string of the molecule is O=C(O)c1ccc(N=C2S[C@H](Cc3ccccc3Cl)C(=O)N2[C@@H]2C[C@@H]3CC[C@@H]2C3)cc1. The molecule has 0 aromatic heterocycles. The molecule has 1 saturated heterocycles. The Labute approximate surface area is 190 Å². The molecule has 1 amide bonds. The molecule has 7 heteroatoms. The lowest BCUT2D eigenvalue weighted by atomic mass is 9.94. The highest BCUT2D eigenvalue weighted by Gasteiger charge is 2.49. The summed E-state index contributed by atoms with van der Waals surface area (Å²) in [5.74, 6) is 0.413. The van der Waals surface area contributed by atoms with E-state index in [0.29, 0.717) is 29.0 Å². The van der Waals surface area contributed by atoms with Gasteiger partial charge in [-0.15, -0.1) is 0 Å². The maximum absolute atomic E-state index is 13.5. The predicted molar refractivity (Wildman–Crippen MR) is 123 cm³/mol. The van der Waals surface area contributed by atoms with E-state index in [1.165, 1.54) is 31.0 Å². The van der Waals surface area contributed by atoms with Crippen molar-refractivity contribution in [2.75, 3.05) is 0 Å². The zero-order valence-corrected chi connectivity index (χ0v) is 18.5. The van der Waals surface area contributed by atoms with Gasteiger partial charge in [0.1, 0.15) is 0 Å². The maximum Gasteiger partial charge on any atom is 0.335 e. The molecule has 2 saturated carbocycles. The minimum Gasteiger partial charge on any atom is -0.478 e. The van der Waals surface area contributed by atoms with Crippen molar-refractivity contribution in [3.05, 3.63) is 64.7 Å². The Morgan fingerprint density at radius 2 is 1.90 bits per heavy atom. The number of halogens is 1. The summed E-state index contributed by atoms with van der Waals surface area (Å²) < 4.78 is 0. The van der Waals surface area contributed by atoms with Gasteiger partial charge in [0.05, 0.1) is 16.5 Å². The molecule has 0 spiro atoms. The number of amidine groups is 1. The first-order valence-corrected chi connectivity index (χ1v) is 11.9. The lowest BCUT2D eigenvalue weighted by molar-refractivity contribution is -0.128. The van der Waals surface area contributed by atoms with Crippen LogP contribution in [0.2, 0.25) is 5.02 Å². The number of benzene rings is 2. The maximum atomic E-state index is 13.5.